The molecule has 24 heavy (non-hydrogen) atoms. The summed E-state index contributed by atoms with van der Waals surface area (Å²) in [5.41, 5.74) is 0.219. The van der Waals surface area contributed by atoms with E-state index in [4.69, 9.17) is 10.00 Å². The van der Waals surface area contributed by atoms with Crippen LogP contribution < -0.4 is 0 Å². The van der Waals surface area contributed by atoms with Gasteiger partial charge in [0.2, 0.25) is 10.0 Å². The summed E-state index contributed by atoms with van der Waals surface area (Å²) in [5, 5.41) is 8.66. The molecular weight excluding hydrogens is 328 g/mol. The Kier molecular flexibility index (Phi) is 5.62. The molecule has 0 aliphatic carbocycles. The molecule has 0 radical (unpaired) electrons. The van der Waals surface area contributed by atoms with Crippen LogP contribution in [-0.4, -0.2) is 37.9 Å². The lowest BCUT2D eigenvalue weighted by molar-refractivity contribution is 0.0435. The number of sulfonamides is 1. The minimum atomic E-state index is -3.57. The monoisotopic (exact) mass is 350 g/mol. The molecule has 6 nitrogen and oxygen atoms in total. The van der Waals surface area contributed by atoms with Crippen LogP contribution in [0.5, 0.6) is 0 Å². The maximum atomic E-state index is 12.8. The average Bonchev–Trinajstić information content (AvgIpc) is 2.53. The van der Waals surface area contributed by atoms with Gasteiger partial charge in [0, 0.05) is 13.1 Å². The number of ether oxygens (including phenoxy) is 1. The molecule has 1 fully saturated rings. The Morgan fingerprint density at radius 3 is 2.29 bits per heavy atom. The number of nitriles is 1. The van der Waals surface area contributed by atoms with Crippen LogP contribution in [0.1, 0.15) is 37.6 Å². The van der Waals surface area contributed by atoms with Crippen LogP contribution in [-0.2, 0) is 14.8 Å². The number of carbonyl (C=O) groups is 1. The van der Waals surface area contributed by atoms with Gasteiger partial charge in [0.05, 0.1) is 10.5 Å². The summed E-state index contributed by atoms with van der Waals surface area (Å²) < 4.78 is 31.9. The number of benzene rings is 1. The van der Waals surface area contributed by atoms with Gasteiger partial charge in [-0.2, -0.15) is 9.57 Å². The molecule has 0 N–H and O–H groups in total. The number of piperidine rings is 1. The third kappa shape index (κ3) is 4.13. The summed E-state index contributed by atoms with van der Waals surface area (Å²) in [5.74, 6) is 0.00343. The van der Waals surface area contributed by atoms with E-state index in [1.807, 2.05) is 13.8 Å². The Balaban J connectivity index is 2.17. The first-order valence-electron chi connectivity index (χ1n) is 7.95. The molecular formula is C17H22N2O4S. The van der Waals surface area contributed by atoms with E-state index in [1.54, 1.807) is 6.07 Å². The fourth-order valence-electron chi connectivity index (χ4n) is 2.97. The van der Waals surface area contributed by atoms with Crippen molar-refractivity contribution in [1.29, 1.82) is 5.26 Å². The van der Waals surface area contributed by atoms with Gasteiger partial charge in [-0.1, -0.05) is 13.8 Å². The lowest BCUT2D eigenvalue weighted by atomic mass is 9.94. The quantitative estimate of drug-likeness (QED) is 0.778. The molecule has 0 amide bonds. The van der Waals surface area contributed by atoms with Crippen LogP contribution >= 0.6 is 0 Å². The van der Waals surface area contributed by atoms with Crippen LogP contribution in [0.2, 0.25) is 0 Å². The molecule has 1 heterocycles. The topological polar surface area (TPSA) is 87.5 Å². The number of rotatable bonds is 4. The molecule has 1 aromatic carbocycles. The van der Waals surface area contributed by atoms with E-state index in [0.717, 1.165) is 6.42 Å². The molecule has 130 valence electrons. The number of hydrogen-bond acceptors (Lipinski definition) is 5. The predicted octanol–water partition coefficient (Wildman–Crippen LogP) is 2.42. The standard InChI is InChI=1S/C17H22N2O4S/c1-12-8-13(2)11-19(10-12)24(21,22)16-6-4-15(5-7-16)17(20)23-14(3)9-18/h4-7,12-14H,8,10-11H2,1-3H3/t12-,13+,14-/m0/s1. The van der Waals surface area contributed by atoms with E-state index in [0.29, 0.717) is 24.9 Å². The second-order valence-corrected chi connectivity index (χ2v) is 8.41. The molecule has 3 atom stereocenters. The Morgan fingerprint density at radius 2 is 1.79 bits per heavy atom. The third-order valence-corrected chi connectivity index (χ3v) is 5.87. The molecule has 2 rings (SSSR count). The minimum Gasteiger partial charge on any atom is -0.444 e. The fraction of sp³-hybridized carbons (Fsp3) is 0.529. The number of nitrogens with zero attached hydrogens (tertiary/aromatic N) is 2. The van der Waals surface area contributed by atoms with Crippen LogP contribution in [0, 0.1) is 23.2 Å². The van der Waals surface area contributed by atoms with Crippen molar-refractivity contribution in [2.75, 3.05) is 13.1 Å². The SMILES string of the molecule is C[C@@H]1C[C@H](C)CN(S(=O)(=O)c2ccc(C(=O)O[C@@H](C)C#N)cc2)C1. The lowest BCUT2D eigenvalue weighted by Crippen LogP contribution is -2.42. The van der Waals surface area contributed by atoms with Crippen molar-refractivity contribution in [2.24, 2.45) is 11.8 Å². The summed E-state index contributed by atoms with van der Waals surface area (Å²) in [6.45, 7) is 6.59. The zero-order valence-electron chi connectivity index (χ0n) is 14.1. The molecule has 0 saturated carbocycles. The summed E-state index contributed by atoms with van der Waals surface area (Å²) in [6, 6.07) is 7.45. The molecule has 1 aliphatic heterocycles. The summed E-state index contributed by atoms with van der Waals surface area (Å²) in [6.07, 6.45) is 0.172. The zero-order chi connectivity index (χ0) is 17.9. The Morgan fingerprint density at radius 1 is 1.25 bits per heavy atom. The predicted molar refractivity (Wildman–Crippen MR) is 88.6 cm³/mol. The van der Waals surface area contributed by atoms with Gasteiger partial charge in [0.1, 0.15) is 6.07 Å². The number of hydrogen-bond donors (Lipinski definition) is 0. The van der Waals surface area contributed by atoms with Gasteiger partial charge in [-0.3, -0.25) is 0 Å². The highest BCUT2D eigenvalue weighted by Gasteiger charge is 2.31. The summed E-state index contributed by atoms with van der Waals surface area (Å²) in [7, 11) is -3.57. The van der Waals surface area contributed by atoms with E-state index in [1.165, 1.54) is 35.5 Å². The Bertz CT molecular complexity index is 727. The highest BCUT2D eigenvalue weighted by atomic mass is 32.2. The first-order valence-corrected chi connectivity index (χ1v) is 9.39. The van der Waals surface area contributed by atoms with Crippen molar-refractivity contribution in [2.45, 2.75) is 38.2 Å². The van der Waals surface area contributed by atoms with Crippen molar-refractivity contribution < 1.29 is 17.9 Å². The van der Waals surface area contributed by atoms with E-state index in [-0.39, 0.29) is 10.5 Å². The van der Waals surface area contributed by atoms with Gasteiger partial charge in [-0.15, -0.1) is 0 Å². The molecule has 0 aromatic heterocycles. The number of esters is 1. The highest BCUT2D eigenvalue weighted by Crippen LogP contribution is 2.26. The first-order chi connectivity index (χ1) is 11.2. The lowest BCUT2D eigenvalue weighted by Gasteiger charge is -2.34. The number of carbonyl (C=O) groups excluding carboxylic acids is 1. The van der Waals surface area contributed by atoms with Crippen molar-refractivity contribution in [3.05, 3.63) is 29.8 Å². The molecule has 0 unspecified atom stereocenters. The zero-order valence-corrected chi connectivity index (χ0v) is 14.9. The maximum Gasteiger partial charge on any atom is 0.339 e. The van der Waals surface area contributed by atoms with Gasteiger partial charge in [0.15, 0.2) is 6.10 Å². The fourth-order valence-corrected chi connectivity index (χ4v) is 4.65. The second kappa shape index (κ2) is 7.32. The smallest absolute Gasteiger partial charge is 0.339 e. The van der Waals surface area contributed by atoms with Gasteiger partial charge in [0.25, 0.3) is 0 Å². The van der Waals surface area contributed by atoms with E-state index in [9.17, 15) is 13.2 Å². The molecule has 1 aliphatic rings. The van der Waals surface area contributed by atoms with E-state index < -0.39 is 22.1 Å². The van der Waals surface area contributed by atoms with Crippen molar-refractivity contribution in [1.82, 2.24) is 4.31 Å². The summed E-state index contributed by atoms with van der Waals surface area (Å²) >= 11 is 0. The molecule has 1 saturated heterocycles. The minimum absolute atomic E-state index is 0.161. The molecule has 7 heteroatoms. The van der Waals surface area contributed by atoms with Crippen molar-refractivity contribution in [3.8, 4) is 6.07 Å². The van der Waals surface area contributed by atoms with Crippen LogP contribution in [0.15, 0.2) is 29.2 Å². The molecule has 0 spiro atoms. The Labute approximate surface area is 143 Å². The van der Waals surface area contributed by atoms with Crippen LogP contribution in [0.4, 0.5) is 0 Å². The van der Waals surface area contributed by atoms with E-state index in [2.05, 4.69) is 0 Å². The Hall–Kier alpha value is -1.91. The van der Waals surface area contributed by atoms with Gasteiger partial charge in [-0.25, -0.2) is 13.2 Å². The van der Waals surface area contributed by atoms with E-state index >= 15 is 0 Å². The maximum absolute atomic E-state index is 12.8. The first kappa shape index (κ1) is 18.4. The van der Waals surface area contributed by atoms with Gasteiger partial charge >= 0.3 is 5.97 Å². The molecule has 1 aromatic rings. The highest BCUT2D eigenvalue weighted by molar-refractivity contribution is 7.89. The van der Waals surface area contributed by atoms with Gasteiger partial charge in [-0.05, 0) is 49.4 Å². The molecule has 0 bridgehead atoms. The second-order valence-electron chi connectivity index (χ2n) is 6.47. The van der Waals surface area contributed by atoms with Crippen LogP contribution in [0.3, 0.4) is 0 Å². The van der Waals surface area contributed by atoms with Crippen molar-refractivity contribution >= 4 is 16.0 Å². The average molecular weight is 350 g/mol. The third-order valence-electron chi connectivity index (χ3n) is 4.03. The largest absolute Gasteiger partial charge is 0.444 e. The van der Waals surface area contributed by atoms with Crippen LogP contribution in [0.25, 0.3) is 0 Å². The summed E-state index contributed by atoms with van der Waals surface area (Å²) in [4.78, 5) is 12.0. The van der Waals surface area contributed by atoms with Crippen molar-refractivity contribution in [3.63, 3.8) is 0 Å². The normalized spacial score (nSPS) is 23.2. The van der Waals surface area contributed by atoms with Gasteiger partial charge < -0.3 is 4.74 Å².